The van der Waals surface area contributed by atoms with E-state index in [0.717, 1.165) is 11.9 Å². The van der Waals surface area contributed by atoms with Gasteiger partial charge in [-0.25, -0.2) is 4.98 Å². The summed E-state index contributed by atoms with van der Waals surface area (Å²) in [5, 5.41) is 0. The van der Waals surface area contributed by atoms with Crippen molar-refractivity contribution in [2.24, 2.45) is 7.05 Å². The van der Waals surface area contributed by atoms with Crippen LogP contribution in [-0.2, 0) is 13.5 Å². The number of hydrogen-bond donors (Lipinski definition) is 0. The molecule has 1 aromatic heterocycles. The molecule has 0 aliphatic heterocycles. The fourth-order valence-electron chi connectivity index (χ4n) is 2.00. The number of hydrogen-bond acceptors (Lipinski definition) is 1. The summed E-state index contributed by atoms with van der Waals surface area (Å²) < 4.78 is 2.19. The molecule has 1 aromatic carbocycles. The van der Waals surface area contributed by atoms with E-state index in [4.69, 9.17) is 0 Å². The van der Waals surface area contributed by atoms with Crippen molar-refractivity contribution in [3.63, 3.8) is 0 Å². The number of rotatable bonds is 2. The van der Waals surface area contributed by atoms with E-state index in [1.165, 1.54) is 16.9 Å². The lowest BCUT2D eigenvalue weighted by molar-refractivity contribution is 0.722. The molecule has 0 radical (unpaired) electrons. The monoisotopic (exact) mass is 202 g/mol. The summed E-state index contributed by atoms with van der Waals surface area (Å²) in [7, 11) is 2.09. The lowest BCUT2D eigenvalue weighted by atomic mass is 10.1. The van der Waals surface area contributed by atoms with Crippen molar-refractivity contribution >= 4 is 11.0 Å². The van der Waals surface area contributed by atoms with Gasteiger partial charge < -0.3 is 4.57 Å². The zero-order valence-electron chi connectivity index (χ0n) is 9.91. The van der Waals surface area contributed by atoms with Crippen LogP contribution in [0.15, 0.2) is 18.2 Å². The lowest BCUT2D eigenvalue weighted by Crippen LogP contribution is -1.99. The van der Waals surface area contributed by atoms with Gasteiger partial charge in [-0.2, -0.15) is 0 Å². The van der Waals surface area contributed by atoms with Crippen LogP contribution in [0.1, 0.15) is 38.1 Å². The number of imidazole rings is 1. The minimum absolute atomic E-state index is 0.479. The van der Waals surface area contributed by atoms with Crippen LogP contribution in [-0.4, -0.2) is 9.55 Å². The van der Waals surface area contributed by atoms with Gasteiger partial charge in [-0.1, -0.05) is 26.8 Å². The Balaban J connectivity index is 2.65. The van der Waals surface area contributed by atoms with Gasteiger partial charge in [-0.15, -0.1) is 0 Å². The van der Waals surface area contributed by atoms with E-state index in [9.17, 15) is 0 Å². The van der Waals surface area contributed by atoms with E-state index in [1.807, 2.05) is 0 Å². The number of fused-ring (bicyclic) bond motifs is 1. The fraction of sp³-hybridized carbons (Fsp3) is 0.462. The van der Waals surface area contributed by atoms with Crippen molar-refractivity contribution < 1.29 is 0 Å². The highest BCUT2D eigenvalue weighted by Crippen LogP contribution is 2.21. The first-order valence-electron chi connectivity index (χ1n) is 5.58. The summed E-state index contributed by atoms with van der Waals surface area (Å²) in [5.74, 6) is 1.64. The van der Waals surface area contributed by atoms with Gasteiger partial charge in [-0.05, 0) is 24.1 Å². The molecule has 0 bridgehead atoms. The third-order valence-corrected chi connectivity index (χ3v) is 2.90. The number of nitrogens with zero attached hydrogens (tertiary/aromatic N) is 2. The molecule has 2 nitrogen and oxygen atoms in total. The minimum Gasteiger partial charge on any atom is -0.331 e. The van der Waals surface area contributed by atoms with Crippen LogP contribution in [0.25, 0.3) is 11.0 Å². The summed E-state index contributed by atoms with van der Waals surface area (Å²) in [6.07, 6.45) is 1.07. The van der Waals surface area contributed by atoms with Gasteiger partial charge in [0.25, 0.3) is 0 Å². The number of aryl methyl sites for hydroxylation is 2. The zero-order chi connectivity index (χ0) is 11.0. The lowest BCUT2D eigenvalue weighted by Gasteiger charge is -2.04. The molecule has 0 spiro atoms. The maximum absolute atomic E-state index is 4.68. The molecule has 2 heteroatoms. The third kappa shape index (κ3) is 1.65. The van der Waals surface area contributed by atoms with Gasteiger partial charge in [0.05, 0.1) is 11.0 Å². The minimum atomic E-state index is 0.479. The van der Waals surface area contributed by atoms with Crippen molar-refractivity contribution in [2.45, 2.75) is 33.1 Å². The Morgan fingerprint density at radius 1 is 1.33 bits per heavy atom. The Hall–Kier alpha value is -1.31. The average Bonchev–Trinajstić information content (AvgIpc) is 2.55. The average molecular weight is 202 g/mol. The Kier molecular flexibility index (Phi) is 2.51. The van der Waals surface area contributed by atoms with Crippen LogP contribution >= 0.6 is 0 Å². The maximum Gasteiger partial charge on any atom is 0.112 e. The Labute approximate surface area is 90.9 Å². The maximum atomic E-state index is 4.68. The van der Waals surface area contributed by atoms with E-state index in [2.05, 4.69) is 55.6 Å². The summed E-state index contributed by atoms with van der Waals surface area (Å²) in [5.41, 5.74) is 3.72. The molecule has 15 heavy (non-hydrogen) atoms. The van der Waals surface area contributed by atoms with E-state index >= 15 is 0 Å². The predicted molar refractivity (Wildman–Crippen MR) is 64.2 cm³/mol. The second kappa shape index (κ2) is 3.69. The van der Waals surface area contributed by atoms with E-state index in [1.54, 1.807) is 0 Å². The van der Waals surface area contributed by atoms with Gasteiger partial charge in [-0.3, -0.25) is 0 Å². The molecule has 0 amide bonds. The smallest absolute Gasteiger partial charge is 0.112 e. The molecule has 0 saturated carbocycles. The van der Waals surface area contributed by atoms with Gasteiger partial charge in [0, 0.05) is 13.0 Å². The molecule has 0 unspecified atom stereocenters. The second-order valence-electron chi connectivity index (χ2n) is 4.36. The number of benzene rings is 1. The molecule has 0 aliphatic rings. The first-order chi connectivity index (χ1) is 7.13. The Bertz CT molecular complexity index is 480. The highest BCUT2D eigenvalue weighted by Gasteiger charge is 2.10. The molecule has 0 saturated heterocycles. The largest absolute Gasteiger partial charge is 0.331 e. The predicted octanol–water partition coefficient (Wildman–Crippen LogP) is 3.26. The fourth-order valence-corrected chi connectivity index (χ4v) is 2.00. The van der Waals surface area contributed by atoms with Gasteiger partial charge >= 0.3 is 0 Å². The highest BCUT2D eigenvalue weighted by atomic mass is 15.1. The third-order valence-electron chi connectivity index (χ3n) is 2.90. The molecule has 2 aromatic rings. The van der Waals surface area contributed by atoms with E-state index in [0.29, 0.717) is 5.92 Å². The summed E-state index contributed by atoms with van der Waals surface area (Å²) >= 11 is 0. The highest BCUT2D eigenvalue weighted by molar-refractivity contribution is 5.76. The summed E-state index contributed by atoms with van der Waals surface area (Å²) in [6.45, 7) is 6.54. The molecule has 1 heterocycles. The molecule has 0 aliphatic carbocycles. The van der Waals surface area contributed by atoms with Gasteiger partial charge in [0.1, 0.15) is 5.82 Å². The quantitative estimate of drug-likeness (QED) is 0.731. The molecule has 80 valence electrons. The zero-order valence-corrected chi connectivity index (χ0v) is 9.91. The molecule has 0 N–H and O–H groups in total. The van der Waals surface area contributed by atoms with E-state index in [-0.39, 0.29) is 0 Å². The normalized spacial score (nSPS) is 11.5. The van der Waals surface area contributed by atoms with Crippen LogP contribution in [0, 0.1) is 0 Å². The van der Waals surface area contributed by atoms with Crippen molar-refractivity contribution in [1.29, 1.82) is 0 Å². The molecule has 0 fully saturated rings. The Morgan fingerprint density at radius 3 is 2.67 bits per heavy atom. The SMILES string of the molecule is CCc1ccc2c(c1)nc(C(C)C)n2C. The first-order valence-corrected chi connectivity index (χ1v) is 5.58. The van der Waals surface area contributed by atoms with Crippen LogP contribution in [0.5, 0.6) is 0 Å². The van der Waals surface area contributed by atoms with Crippen molar-refractivity contribution in [3.05, 3.63) is 29.6 Å². The molecule has 0 atom stereocenters. The summed E-state index contributed by atoms with van der Waals surface area (Å²) in [6, 6.07) is 6.56. The van der Waals surface area contributed by atoms with Crippen LogP contribution in [0.3, 0.4) is 0 Å². The van der Waals surface area contributed by atoms with Crippen molar-refractivity contribution in [2.75, 3.05) is 0 Å². The molecular formula is C13H18N2. The van der Waals surface area contributed by atoms with Crippen LogP contribution in [0.2, 0.25) is 0 Å². The van der Waals surface area contributed by atoms with Gasteiger partial charge in [0.2, 0.25) is 0 Å². The van der Waals surface area contributed by atoms with Crippen LogP contribution in [0.4, 0.5) is 0 Å². The standard InChI is InChI=1S/C13H18N2/c1-5-10-6-7-12-11(8-10)14-13(9(2)3)15(12)4/h6-9H,5H2,1-4H3. The second-order valence-corrected chi connectivity index (χ2v) is 4.36. The van der Waals surface area contributed by atoms with Crippen LogP contribution < -0.4 is 0 Å². The molecular weight excluding hydrogens is 184 g/mol. The Morgan fingerprint density at radius 2 is 2.07 bits per heavy atom. The van der Waals surface area contributed by atoms with Gasteiger partial charge in [0.15, 0.2) is 0 Å². The number of aromatic nitrogens is 2. The van der Waals surface area contributed by atoms with E-state index < -0.39 is 0 Å². The summed E-state index contributed by atoms with van der Waals surface area (Å²) in [4.78, 5) is 4.68. The molecule has 2 rings (SSSR count). The van der Waals surface area contributed by atoms with Crippen molar-refractivity contribution in [3.8, 4) is 0 Å². The first kappa shape index (κ1) is 10.2. The topological polar surface area (TPSA) is 17.8 Å². The van der Waals surface area contributed by atoms with Crippen molar-refractivity contribution in [1.82, 2.24) is 9.55 Å².